The van der Waals surface area contributed by atoms with Crippen LogP contribution in [0.25, 0.3) is 16.9 Å². The van der Waals surface area contributed by atoms with Crippen molar-refractivity contribution in [2.75, 3.05) is 5.43 Å². The van der Waals surface area contributed by atoms with Crippen molar-refractivity contribution in [1.82, 2.24) is 25.0 Å². The van der Waals surface area contributed by atoms with Crippen molar-refractivity contribution in [3.63, 3.8) is 0 Å². The zero-order valence-corrected chi connectivity index (χ0v) is 15.0. The quantitative estimate of drug-likeness (QED) is 0.403. The number of hydrazone groups is 1. The smallest absolute Gasteiger partial charge is 0.270 e. The first-order valence-corrected chi connectivity index (χ1v) is 8.60. The third-order valence-corrected chi connectivity index (χ3v) is 4.04. The minimum absolute atomic E-state index is 0.0468. The lowest BCUT2D eigenvalue weighted by molar-refractivity contribution is 0.803. The first-order chi connectivity index (χ1) is 14.2. The number of hydrogen-bond donors (Lipinski definition) is 2. The third kappa shape index (κ3) is 3.91. The van der Waals surface area contributed by atoms with Crippen molar-refractivity contribution < 1.29 is 0 Å². The van der Waals surface area contributed by atoms with Crippen LogP contribution in [0.2, 0.25) is 0 Å². The summed E-state index contributed by atoms with van der Waals surface area (Å²) in [6.07, 6.45) is 4.95. The fourth-order valence-corrected chi connectivity index (χ4v) is 2.66. The van der Waals surface area contributed by atoms with Crippen LogP contribution in [-0.4, -0.2) is 31.2 Å². The van der Waals surface area contributed by atoms with E-state index < -0.39 is 5.56 Å². The van der Waals surface area contributed by atoms with Gasteiger partial charge in [0.05, 0.1) is 30.0 Å². The average molecular weight is 382 g/mol. The molecule has 0 aliphatic heterocycles. The Morgan fingerprint density at radius 1 is 1.14 bits per heavy atom. The Bertz CT molecular complexity index is 1240. The maximum atomic E-state index is 12.2. The molecule has 9 nitrogen and oxygen atoms in total. The van der Waals surface area contributed by atoms with E-state index in [1.54, 1.807) is 35.4 Å². The Morgan fingerprint density at radius 3 is 2.62 bits per heavy atom. The van der Waals surface area contributed by atoms with E-state index in [4.69, 9.17) is 0 Å². The number of nitrogens with zero attached hydrogens (tertiary/aromatic N) is 6. The van der Waals surface area contributed by atoms with Gasteiger partial charge in [-0.25, -0.2) is 15.1 Å². The van der Waals surface area contributed by atoms with Gasteiger partial charge in [-0.1, -0.05) is 47.7 Å². The third-order valence-electron chi connectivity index (χ3n) is 4.04. The molecule has 0 aliphatic carbocycles. The van der Waals surface area contributed by atoms with Gasteiger partial charge in [0.1, 0.15) is 11.6 Å². The number of anilines is 1. The van der Waals surface area contributed by atoms with E-state index >= 15 is 0 Å². The monoisotopic (exact) mass is 382 g/mol. The summed E-state index contributed by atoms with van der Waals surface area (Å²) in [5.74, 6) is 0.142. The molecule has 4 rings (SSSR count). The molecule has 4 aromatic rings. The second-order valence-corrected chi connectivity index (χ2v) is 5.93. The molecule has 0 fully saturated rings. The van der Waals surface area contributed by atoms with Crippen molar-refractivity contribution >= 4 is 12.2 Å². The zero-order chi connectivity index (χ0) is 20.1. The van der Waals surface area contributed by atoms with Gasteiger partial charge in [0.2, 0.25) is 5.95 Å². The SMILES string of the molecule is N#Cc1c(-c2ccccc2)nc(NN=Cc2ccc(-n3ccnn3)cc2)[nH]c1=O. The molecule has 0 spiro atoms. The highest BCUT2D eigenvalue weighted by Gasteiger charge is 2.12. The molecule has 0 amide bonds. The van der Waals surface area contributed by atoms with Gasteiger partial charge in [-0.2, -0.15) is 10.4 Å². The lowest BCUT2D eigenvalue weighted by atomic mass is 10.1. The van der Waals surface area contributed by atoms with E-state index in [1.165, 1.54) is 0 Å². The van der Waals surface area contributed by atoms with Gasteiger partial charge in [0, 0.05) is 5.56 Å². The molecular formula is C20H14N8O. The highest BCUT2D eigenvalue weighted by molar-refractivity contribution is 5.80. The van der Waals surface area contributed by atoms with Gasteiger partial charge in [0.25, 0.3) is 5.56 Å². The van der Waals surface area contributed by atoms with E-state index in [1.807, 2.05) is 48.5 Å². The lowest BCUT2D eigenvalue weighted by Gasteiger charge is -2.06. The Hall–Kier alpha value is -4.58. The fourth-order valence-electron chi connectivity index (χ4n) is 2.66. The van der Waals surface area contributed by atoms with Gasteiger partial charge < -0.3 is 0 Å². The van der Waals surface area contributed by atoms with Crippen molar-refractivity contribution in [1.29, 1.82) is 5.26 Å². The molecule has 2 heterocycles. The van der Waals surface area contributed by atoms with Gasteiger partial charge in [0.15, 0.2) is 0 Å². The zero-order valence-electron chi connectivity index (χ0n) is 15.0. The first kappa shape index (κ1) is 17.8. The first-order valence-electron chi connectivity index (χ1n) is 8.60. The van der Waals surface area contributed by atoms with Crippen LogP contribution in [0.3, 0.4) is 0 Å². The maximum Gasteiger partial charge on any atom is 0.270 e. The maximum absolute atomic E-state index is 12.2. The Morgan fingerprint density at radius 2 is 1.93 bits per heavy atom. The fraction of sp³-hybridized carbons (Fsp3) is 0. The predicted octanol–water partition coefficient (Wildman–Crippen LogP) is 2.34. The molecule has 0 bridgehead atoms. The molecule has 0 aliphatic rings. The molecule has 2 aromatic carbocycles. The molecule has 2 aromatic heterocycles. The molecule has 2 N–H and O–H groups in total. The molecule has 9 heteroatoms. The van der Waals surface area contributed by atoms with Crippen LogP contribution in [0.1, 0.15) is 11.1 Å². The Kier molecular flexibility index (Phi) is 4.90. The summed E-state index contributed by atoms with van der Waals surface area (Å²) in [6.45, 7) is 0. The summed E-state index contributed by atoms with van der Waals surface area (Å²) in [7, 11) is 0. The molecule has 0 saturated heterocycles. The van der Waals surface area contributed by atoms with Gasteiger partial charge >= 0.3 is 0 Å². The van der Waals surface area contributed by atoms with E-state index in [0.29, 0.717) is 11.3 Å². The molecule has 0 saturated carbocycles. The summed E-state index contributed by atoms with van der Waals surface area (Å²) < 4.78 is 1.65. The van der Waals surface area contributed by atoms with Crippen molar-refractivity contribution in [3.05, 3.63) is 88.5 Å². The van der Waals surface area contributed by atoms with Crippen LogP contribution in [0, 0.1) is 11.3 Å². The molecule has 0 unspecified atom stereocenters. The minimum Gasteiger partial charge on any atom is -0.290 e. The lowest BCUT2D eigenvalue weighted by Crippen LogP contribution is -2.16. The normalized spacial score (nSPS) is 10.7. The van der Waals surface area contributed by atoms with Gasteiger partial charge in [-0.05, 0) is 17.7 Å². The van der Waals surface area contributed by atoms with E-state index in [9.17, 15) is 10.1 Å². The highest BCUT2D eigenvalue weighted by Crippen LogP contribution is 2.19. The molecule has 29 heavy (non-hydrogen) atoms. The summed E-state index contributed by atoms with van der Waals surface area (Å²) in [4.78, 5) is 19.1. The molecule has 0 atom stereocenters. The Balaban J connectivity index is 1.55. The average Bonchev–Trinajstić information content (AvgIpc) is 3.29. The number of nitriles is 1. The second-order valence-electron chi connectivity index (χ2n) is 5.93. The molecular weight excluding hydrogens is 368 g/mol. The summed E-state index contributed by atoms with van der Waals surface area (Å²) in [5, 5.41) is 21.1. The number of rotatable bonds is 5. The number of nitrogens with one attached hydrogen (secondary N) is 2. The number of hydrogen-bond acceptors (Lipinski definition) is 7. The highest BCUT2D eigenvalue weighted by atomic mass is 16.1. The minimum atomic E-state index is -0.531. The van der Waals surface area contributed by atoms with Crippen LogP contribution >= 0.6 is 0 Å². The van der Waals surface area contributed by atoms with E-state index in [2.05, 4.69) is 30.8 Å². The van der Waals surface area contributed by atoms with Crippen molar-refractivity contribution in [2.45, 2.75) is 0 Å². The number of H-pyrrole nitrogens is 1. The van der Waals surface area contributed by atoms with Crippen LogP contribution in [0.4, 0.5) is 5.95 Å². The standard InChI is InChI=1S/C20H14N8O/c21-12-17-18(15-4-2-1-3-5-15)24-20(25-19(17)29)26-23-13-14-6-8-16(9-7-14)28-11-10-22-27-28/h1-11,13H,(H2,24,25,26,29). The summed E-state index contributed by atoms with van der Waals surface area (Å²) in [5.41, 5.74) is 4.80. The van der Waals surface area contributed by atoms with Crippen LogP contribution < -0.4 is 11.0 Å². The largest absolute Gasteiger partial charge is 0.290 e. The van der Waals surface area contributed by atoms with Crippen LogP contribution in [-0.2, 0) is 0 Å². The summed E-state index contributed by atoms with van der Waals surface area (Å²) in [6, 6.07) is 18.4. The summed E-state index contributed by atoms with van der Waals surface area (Å²) >= 11 is 0. The predicted molar refractivity (Wildman–Crippen MR) is 108 cm³/mol. The van der Waals surface area contributed by atoms with Gasteiger partial charge in [-0.3, -0.25) is 9.78 Å². The van der Waals surface area contributed by atoms with Crippen molar-refractivity contribution in [3.8, 4) is 23.0 Å². The number of aromatic amines is 1. The number of benzene rings is 2. The Labute approximate surface area is 165 Å². The van der Waals surface area contributed by atoms with Crippen LogP contribution in [0.15, 0.2) is 76.9 Å². The van der Waals surface area contributed by atoms with E-state index in [-0.39, 0.29) is 11.5 Å². The van der Waals surface area contributed by atoms with Crippen molar-refractivity contribution in [2.24, 2.45) is 5.10 Å². The molecule has 140 valence electrons. The van der Waals surface area contributed by atoms with Gasteiger partial charge in [-0.15, -0.1) is 5.10 Å². The van der Waals surface area contributed by atoms with E-state index in [0.717, 1.165) is 11.3 Å². The second kappa shape index (κ2) is 7.98. The van der Waals surface area contributed by atoms with Crippen LogP contribution in [0.5, 0.6) is 0 Å². The topological polar surface area (TPSA) is 125 Å². The number of aromatic nitrogens is 5. The molecule has 0 radical (unpaired) electrons.